The third-order valence-electron chi connectivity index (χ3n) is 4.85. The molecule has 0 aliphatic heterocycles. The number of hydrogen-bond acceptors (Lipinski definition) is 5. The second-order valence-electron chi connectivity index (χ2n) is 7.50. The molecule has 0 bridgehead atoms. The minimum Gasteiger partial charge on any atom is -0.345 e. The van der Waals surface area contributed by atoms with Crippen molar-refractivity contribution in [1.82, 2.24) is 19.7 Å². The van der Waals surface area contributed by atoms with E-state index in [2.05, 4.69) is 15.5 Å². The lowest BCUT2D eigenvalue weighted by Gasteiger charge is -2.11. The predicted molar refractivity (Wildman–Crippen MR) is 118 cm³/mol. The van der Waals surface area contributed by atoms with Crippen LogP contribution in [0, 0.1) is 5.82 Å². The molecule has 0 unspecified atom stereocenters. The number of amides is 2. The van der Waals surface area contributed by atoms with E-state index in [0.29, 0.717) is 27.8 Å². The highest BCUT2D eigenvalue weighted by Gasteiger charge is 2.31. The van der Waals surface area contributed by atoms with Gasteiger partial charge in [0.15, 0.2) is 11.0 Å². The average Bonchev–Trinajstić information content (AvgIpc) is 3.52. The minimum absolute atomic E-state index is 0.0986. The first-order valence-corrected chi connectivity index (χ1v) is 10.9. The number of nitrogens with zero attached hydrogens (tertiary/aromatic N) is 4. The van der Waals surface area contributed by atoms with Crippen molar-refractivity contribution >= 4 is 29.3 Å². The van der Waals surface area contributed by atoms with Crippen LogP contribution in [-0.4, -0.2) is 51.3 Å². The predicted octanol–water partition coefficient (Wildman–Crippen LogP) is 3.85. The first-order chi connectivity index (χ1) is 14.9. The van der Waals surface area contributed by atoms with Gasteiger partial charge in [0.05, 0.1) is 11.3 Å². The van der Waals surface area contributed by atoms with E-state index < -0.39 is 0 Å². The maximum absolute atomic E-state index is 14.3. The van der Waals surface area contributed by atoms with Gasteiger partial charge >= 0.3 is 0 Å². The lowest BCUT2D eigenvalue weighted by molar-refractivity contribution is -0.113. The first kappa shape index (κ1) is 21.0. The van der Waals surface area contributed by atoms with Gasteiger partial charge in [0, 0.05) is 31.4 Å². The van der Waals surface area contributed by atoms with E-state index in [0.717, 1.165) is 12.8 Å². The molecule has 7 nitrogen and oxygen atoms in total. The van der Waals surface area contributed by atoms with Crippen LogP contribution in [0.2, 0.25) is 0 Å². The zero-order valence-electron chi connectivity index (χ0n) is 17.2. The molecular formula is C22H22FN5O2S. The SMILES string of the molecule is CN(C)C(=O)c1ccc(NC(=O)CSc2nnc(-c3ccccc3F)n2C2CC2)cc1. The topological polar surface area (TPSA) is 80.1 Å². The summed E-state index contributed by atoms with van der Waals surface area (Å²) < 4.78 is 16.2. The van der Waals surface area contributed by atoms with Gasteiger partial charge in [0.25, 0.3) is 5.91 Å². The second kappa shape index (κ2) is 8.89. The van der Waals surface area contributed by atoms with Gasteiger partial charge in [-0.2, -0.15) is 0 Å². The highest BCUT2D eigenvalue weighted by atomic mass is 32.2. The van der Waals surface area contributed by atoms with Gasteiger partial charge in [-0.15, -0.1) is 10.2 Å². The van der Waals surface area contributed by atoms with Crippen molar-refractivity contribution < 1.29 is 14.0 Å². The summed E-state index contributed by atoms with van der Waals surface area (Å²) in [7, 11) is 3.38. The monoisotopic (exact) mass is 439 g/mol. The van der Waals surface area contributed by atoms with Crippen LogP contribution in [0.15, 0.2) is 53.7 Å². The summed E-state index contributed by atoms with van der Waals surface area (Å²) in [5, 5.41) is 11.8. The highest BCUT2D eigenvalue weighted by Crippen LogP contribution is 2.41. The van der Waals surface area contributed by atoms with Crippen molar-refractivity contribution in [2.24, 2.45) is 0 Å². The Kier molecular flexibility index (Phi) is 6.03. The summed E-state index contributed by atoms with van der Waals surface area (Å²) in [5.74, 6) is -0.0135. The summed E-state index contributed by atoms with van der Waals surface area (Å²) >= 11 is 1.27. The molecule has 0 saturated heterocycles. The molecule has 1 aliphatic carbocycles. The molecule has 31 heavy (non-hydrogen) atoms. The van der Waals surface area contributed by atoms with Crippen LogP contribution in [0.1, 0.15) is 29.2 Å². The molecule has 2 amide bonds. The quantitative estimate of drug-likeness (QED) is 0.566. The number of anilines is 1. The van der Waals surface area contributed by atoms with Gasteiger partial charge in [-0.25, -0.2) is 4.39 Å². The summed E-state index contributed by atoms with van der Waals surface area (Å²) in [5.41, 5.74) is 1.57. The summed E-state index contributed by atoms with van der Waals surface area (Å²) in [6.07, 6.45) is 1.97. The summed E-state index contributed by atoms with van der Waals surface area (Å²) in [6.45, 7) is 0. The van der Waals surface area contributed by atoms with Gasteiger partial charge in [-0.3, -0.25) is 14.2 Å². The molecular weight excluding hydrogens is 417 g/mol. The molecule has 0 radical (unpaired) electrons. The van der Waals surface area contributed by atoms with Crippen LogP contribution in [-0.2, 0) is 4.79 Å². The Balaban J connectivity index is 1.42. The van der Waals surface area contributed by atoms with Gasteiger partial charge in [0.2, 0.25) is 5.91 Å². The standard InChI is InChI=1S/C22H22FN5O2S/c1-27(2)21(30)14-7-9-15(10-8-14)24-19(29)13-31-22-26-25-20(28(22)16-11-12-16)17-5-3-4-6-18(17)23/h3-10,16H,11-13H2,1-2H3,(H,24,29). The Labute approximate surface area is 183 Å². The Hall–Kier alpha value is -3.20. The molecule has 4 rings (SSSR count). The molecule has 1 aliphatic rings. The number of benzene rings is 2. The van der Waals surface area contributed by atoms with E-state index >= 15 is 0 Å². The number of carbonyl (C=O) groups is 2. The number of hydrogen-bond donors (Lipinski definition) is 1. The van der Waals surface area contributed by atoms with Crippen LogP contribution in [0.25, 0.3) is 11.4 Å². The summed E-state index contributed by atoms with van der Waals surface area (Å²) in [6, 6.07) is 13.5. The third-order valence-corrected chi connectivity index (χ3v) is 5.79. The molecule has 1 saturated carbocycles. The van der Waals surface area contributed by atoms with Crippen molar-refractivity contribution in [2.45, 2.75) is 24.0 Å². The fraction of sp³-hybridized carbons (Fsp3) is 0.273. The van der Waals surface area contributed by atoms with Crippen molar-refractivity contribution in [3.05, 3.63) is 59.9 Å². The van der Waals surface area contributed by atoms with E-state index in [9.17, 15) is 14.0 Å². The van der Waals surface area contributed by atoms with Crippen LogP contribution < -0.4 is 5.32 Å². The van der Waals surface area contributed by atoms with E-state index in [1.807, 2.05) is 4.57 Å². The Morgan fingerprint density at radius 3 is 2.48 bits per heavy atom. The molecule has 9 heteroatoms. The van der Waals surface area contributed by atoms with Crippen LogP contribution in [0.5, 0.6) is 0 Å². The zero-order chi connectivity index (χ0) is 22.0. The maximum Gasteiger partial charge on any atom is 0.253 e. The highest BCUT2D eigenvalue weighted by molar-refractivity contribution is 7.99. The molecule has 1 aromatic heterocycles. The normalized spacial score (nSPS) is 13.1. The number of nitrogens with one attached hydrogen (secondary N) is 1. The lowest BCUT2D eigenvalue weighted by Crippen LogP contribution is -2.21. The zero-order valence-corrected chi connectivity index (χ0v) is 18.0. The number of rotatable bonds is 7. The first-order valence-electron chi connectivity index (χ1n) is 9.88. The molecule has 1 heterocycles. The summed E-state index contributed by atoms with van der Waals surface area (Å²) in [4.78, 5) is 25.9. The smallest absolute Gasteiger partial charge is 0.253 e. The average molecular weight is 440 g/mol. The number of aromatic nitrogens is 3. The Morgan fingerprint density at radius 2 is 1.84 bits per heavy atom. The van der Waals surface area contributed by atoms with E-state index in [1.54, 1.807) is 56.6 Å². The van der Waals surface area contributed by atoms with Crippen molar-refractivity contribution in [1.29, 1.82) is 0 Å². The van der Waals surface area contributed by atoms with Crippen molar-refractivity contribution in [2.75, 3.05) is 25.2 Å². The van der Waals surface area contributed by atoms with Crippen molar-refractivity contribution in [3.63, 3.8) is 0 Å². The van der Waals surface area contributed by atoms with Gasteiger partial charge in [-0.1, -0.05) is 23.9 Å². The molecule has 1 N–H and O–H groups in total. The van der Waals surface area contributed by atoms with E-state index in [4.69, 9.17) is 0 Å². The fourth-order valence-electron chi connectivity index (χ4n) is 3.15. The van der Waals surface area contributed by atoms with Gasteiger partial charge in [0.1, 0.15) is 5.82 Å². The molecule has 3 aromatic rings. The van der Waals surface area contributed by atoms with Crippen LogP contribution in [0.3, 0.4) is 0 Å². The number of carbonyl (C=O) groups excluding carboxylic acids is 2. The van der Waals surface area contributed by atoms with E-state index in [-0.39, 0.29) is 29.4 Å². The van der Waals surface area contributed by atoms with Gasteiger partial charge < -0.3 is 10.2 Å². The molecule has 0 atom stereocenters. The Morgan fingerprint density at radius 1 is 1.13 bits per heavy atom. The lowest BCUT2D eigenvalue weighted by atomic mass is 10.2. The number of thioether (sulfide) groups is 1. The maximum atomic E-state index is 14.3. The van der Waals surface area contributed by atoms with Crippen molar-refractivity contribution in [3.8, 4) is 11.4 Å². The largest absolute Gasteiger partial charge is 0.345 e. The van der Waals surface area contributed by atoms with Gasteiger partial charge in [-0.05, 0) is 49.2 Å². The van der Waals surface area contributed by atoms with E-state index in [1.165, 1.54) is 22.7 Å². The molecule has 2 aromatic carbocycles. The molecule has 160 valence electrons. The van der Waals surface area contributed by atoms with Crippen LogP contribution in [0.4, 0.5) is 10.1 Å². The molecule has 0 spiro atoms. The molecule has 1 fully saturated rings. The Bertz CT molecular complexity index is 1110. The minimum atomic E-state index is -0.345. The second-order valence-corrected chi connectivity index (χ2v) is 8.44. The number of halogens is 1. The fourth-order valence-corrected chi connectivity index (χ4v) is 3.95. The van der Waals surface area contributed by atoms with Crippen LogP contribution >= 0.6 is 11.8 Å². The third kappa shape index (κ3) is 4.77.